The summed E-state index contributed by atoms with van der Waals surface area (Å²) < 4.78 is 0. The summed E-state index contributed by atoms with van der Waals surface area (Å²) in [4.78, 5) is 0. The van der Waals surface area contributed by atoms with Gasteiger partial charge in [-0.3, -0.25) is 0 Å². The Labute approximate surface area is 90.2 Å². The van der Waals surface area contributed by atoms with Crippen molar-refractivity contribution in [3.63, 3.8) is 0 Å². The maximum atomic E-state index is 2.42. The molecule has 0 fully saturated rings. The number of hydrogen-bond donors (Lipinski definition) is 0. The molecule has 0 aliphatic rings. The molecule has 0 aromatic rings. The van der Waals surface area contributed by atoms with Crippen LogP contribution in [-0.2, 0) is 0 Å². The van der Waals surface area contributed by atoms with E-state index in [0.29, 0.717) is 10.8 Å². The van der Waals surface area contributed by atoms with Gasteiger partial charge >= 0.3 is 0 Å². The summed E-state index contributed by atoms with van der Waals surface area (Å²) in [6, 6.07) is 0. The lowest BCUT2D eigenvalue weighted by Crippen LogP contribution is -2.46. The molecular weight excluding hydrogens is 172 g/mol. The van der Waals surface area contributed by atoms with Crippen LogP contribution >= 0.6 is 0 Å². The van der Waals surface area contributed by atoms with E-state index in [1.165, 1.54) is 0 Å². The van der Waals surface area contributed by atoms with Crippen LogP contribution in [0.4, 0.5) is 0 Å². The largest absolute Gasteiger partial charge is 0.248 e. The Bertz CT molecular complexity index is 144. The van der Waals surface area contributed by atoms with E-state index in [0.717, 1.165) is 13.1 Å². The van der Waals surface area contributed by atoms with Crippen molar-refractivity contribution in [2.24, 2.45) is 10.8 Å². The first-order valence-corrected chi connectivity index (χ1v) is 5.43. The first-order chi connectivity index (χ1) is 6.01. The summed E-state index contributed by atoms with van der Waals surface area (Å²) in [7, 11) is 4.24. The highest BCUT2D eigenvalue weighted by Gasteiger charge is 2.22. The van der Waals surface area contributed by atoms with E-state index in [1.54, 1.807) is 0 Å². The molecule has 0 N–H and O–H groups in total. The van der Waals surface area contributed by atoms with E-state index in [4.69, 9.17) is 0 Å². The van der Waals surface area contributed by atoms with Crippen LogP contribution in [0.15, 0.2) is 0 Å². The Morgan fingerprint density at radius 1 is 0.714 bits per heavy atom. The summed E-state index contributed by atoms with van der Waals surface area (Å²) >= 11 is 0. The molecule has 2 nitrogen and oxygen atoms in total. The van der Waals surface area contributed by atoms with Crippen molar-refractivity contribution in [1.29, 1.82) is 0 Å². The smallest absolute Gasteiger partial charge is 0.0182 e. The molecule has 2 heteroatoms. The lowest BCUT2D eigenvalue weighted by Gasteiger charge is -2.38. The molecule has 0 heterocycles. The van der Waals surface area contributed by atoms with E-state index < -0.39 is 0 Å². The van der Waals surface area contributed by atoms with E-state index >= 15 is 0 Å². The third-order valence-electron chi connectivity index (χ3n) is 1.88. The molecule has 0 aliphatic heterocycles. The fourth-order valence-corrected chi connectivity index (χ4v) is 1.43. The van der Waals surface area contributed by atoms with E-state index in [-0.39, 0.29) is 0 Å². The van der Waals surface area contributed by atoms with Crippen LogP contribution < -0.4 is 0 Å². The minimum absolute atomic E-state index is 0.357. The highest BCUT2D eigenvalue weighted by Crippen LogP contribution is 2.21. The molecule has 0 atom stereocenters. The third kappa shape index (κ3) is 7.34. The van der Waals surface area contributed by atoms with Gasteiger partial charge in [0.2, 0.25) is 0 Å². The topological polar surface area (TPSA) is 6.48 Å². The third-order valence-corrected chi connectivity index (χ3v) is 1.88. The quantitative estimate of drug-likeness (QED) is 0.646. The van der Waals surface area contributed by atoms with Gasteiger partial charge in [0.05, 0.1) is 0 Å². The van der Waals surface area contributed by atoms with Gasteiger partial charge in [-0.25, -0.2) is 10.0 Å². The van der Waals surface area contributed by atoms with Crippen LogP contribution in [0.2, 0.25) is 0 Å². The van der Waals surface area contributed by atoms with Crippen molar-refractivity contribution in [3.8, 4) is 0 Å². The summed E-state index contributed by atoms with van der Waals surface area (Å²) in [5.41, 5.74) is 0.713. The van der Waals surface area contributed by atoms with Gasteiger partial charge < -0.3 is 0 Å². The average Bonchev–Trinajstić information content (AvgIpc) is 1.78. The van der Waals surface area contributed by atoms with Crippen LogP contribution in [0.1, 0.15) is 41.5 Å². The van der Waals surface area contributed by atoms with E-state index in [1.807, 2.05) is 0 Å². The standard InChI is InChI=1S/C12H28N2/c1-11(2,3)9-14(13(7)8)10-12(4,5)6/h9-10H2,1-8H3. The molecule has 0 aromatic heterocycles. The molecule has 0 rings (SSSR count). The molecule has 0 aliphatic carbocycles. The fourth-order valence-electron chi connectivity index (χ4n) is 1.43. The molecule has 0 unspecified atom stereocenters. The van der Waals surface area contributed by atoms with Crippen LogP contribution in [-0.4, -0.2) is 37.2 Å². The van der Waals surface area contributed by atoms with Gasteiger partial charge in [-0.2, -0.15) is 0 Å². The zero-order valence-corrected chi connectivity index (χ0v) is 11.3. The Hall–Kier alpha value is -0.0800. The SMILES string of the molecule is CN(C)N(CC(C)(C)C)CC(C)(C)C. The number of nitrogens with zero attached hydrogens (tertiary/aromatic N) is 2. The molecule has 14 heavy (non-hydrogen) atoms. The van der Waals surface area contributed by atoms with Gasteiger partial charge in [-0.1, -0.05) is 41.5 Å². The van der Waals surface area contributed by atoms with Crippen molar-refractivity contribution >= 4 is 0 Å². The zero-order chi connectivity index (χ0) is 11.6. The van der Waals surface area contributed by atoms with Crippen molar-refractivity contribution < 1.29 is 0 Å². The van der Waals surface area contributed by atoms with Gasteiger partial charge in [0.15, 0.2) is 0 Å². The molecule has 0 amide bonds. The normalized spacial score (nSPS) is 14.1. The Balaban J connectivity index is 4.32. The summed E-state index contributed by atoms with van der Waals surface area (Å²) in [6.45, 7) is 15.9. The molecule has 0 spiro atoms. The van der Waals surface area contributed by atoms with Gasteiger partial charge in [-0.05, 0) is 10.8 Å². The Morgan fingerprint density at radius 2 is 1.00 bits per heavy atom. The van der Waals surface area contributed by atoms with Crippen LogP contribution in [0.25, 0.3) is 0 Å². The first-order valence-electron chi connectivity index (χ1n) is 5.43. The number of rotatable bonds is 3. The lowest BCUT2D eigenvalue weighted by atomic mass is 9.93. The maximum absolute atomic E-state index is 2.42. The fraction of sp³-hybridized carbons (Fsp3) is 1.00. The molecule has 86 valence electrons. The van der Waals surface area contributed by atoms with Gasteiger partial charge in [-0.15, -0.1) is 0 Å². The van der Waals surface area contributed by atoms with E-state index in [2.05, 4.69) is 65.7 Å². The number of hydrogen-bond acceptors (Lipinski definition) is 2. The minimum Gasteiger partial charge on any atom is -0.248 e. The summed E-state index contributed by atoms with van der Waals surface area (Å²) in [5.74, 6) is 0. The summed E-state index contributed by atoms with van der Waals surface area (Å²) in [5, 5.41) is 4.62. The second-order valence-corrected chi connectivity index (χ2v) is 6.79. The van der Waals surface area contributed by atoms with Crippen molar-refractivity contribution in [3.05, 3.63) is 0 Å². The highest BCUT2D eigenvalue weighted by molar-refractivity contribution is 4.72. The van der Waals surface area contributed by atoms with Crippen LogP contribution in [0.3, 0.4) is 0 Å². The summed E-state index contributed by atoms with van der Waals surface area (Å²) in [6.07, 6.45) is 0. The molecule has 0 saturated heterocycles. The van der Waals surface area contributed by atoms with E-state index in [9.17, 15) is 0 Å². The lowest BCUT2D eigenvalue weighted by molar-refractivity contribution is -0.0287. The molecule has 0 radical (unpaired) electrons. The predicted molar refractivity (Wildman–Crippen MR) is 64.2 cm³/mol. The maximum Gasteiger partial charge on any atom is 0.0182 e. The molecular formula is C12H28N2. The first kappa shape index (κ1) is 13.9. The molecule has 0 saturated carbocycles. The van der Waals surface area contributed by atoms with Gasteiger partial charge in [0.1, 0.15) is 0 Å². The Kier molecular flexibility index (Phi) is 4.60. The average molecular weight is 200 g/mol. The minimum atomic E-state index is 0.357. The second kappa shape index (κ2) is 4.63. The van der Waals surface area contributed by atoms with Crippen molar-refractivity contribution in [1.82, 2.24) is 10.0 Å². The molecule has 0 aromatic carbocycles. The van der Waals surface area contributed by atoms with Crippen LogP contribution in [0, 0.1) is 10.8 Å². The molecule has 0 bridgehead atoms. The number of hydrazine groups is 1. The van der Waals surface area contributed by atoms with Gasteiger partial charge in [0.25, 0.3) is 0 Å². The predicted octanol–water partition coefficient (Wildman–Crippen LogP) is 2.86. The van der Waals surface area contributed by atoms with Crippen molar-refractivity contribution in [2.45, 2.75) is 41.5 Å². The monoisotopic (exact) mass is 200 g/mol. The van der Waals surface area contributed by atoms with Crippen molar-refractivity contribution in [2.75, 3.05) is 27.2 Å². The highest BCUT2D eigenvalue weighted by atomic mass is 15.6. The Morgan fingerprint density at radius 3 is 1.14 bits per heavy atom. The zero-order valence-electron chi connectivity index (χ0n) is 11.3. The van der Waals surface area contributed by atoms with Crippen LogP contribution in [0.5, 0.6) is 0 Å². The van der Waals surface area contributed by atoms with Gasteiger partial charge in [0, 0.05) is 27.2 Å². The second-order valence-electron chi connectivity index (χ2n) is 6.79.